The second-order valence-electron chi connectivity index (χ2n) is 3.43. The van der Waals surface area contributed by atoms with E-state index in [0.29, 0.717) is 30.9 Å². The Kier molecular flexibility index (Phi) is 4.95. The highest BCUT2D eigenvalue weighted by Gasteiger charge is 2.12. The molecule has 1 aromatic rings. The van der Waals surface area contributed by atoms with E-state index < -0.39 is 0 Å². The van der Waals surface area contributed by atoms with Gasteiger partial charge < -0.3 is 15.2 Å². The first-order chi connectivity index (χ1) is 7.72. The molecule has 0 radical (unpaired) electrons. The zero-order valence-electron chi connectivity index (χ0n) is 9.66. The third kappa shape index (κ3) is 3.05. The lowest BCUT2D eigenvalue weighted by Crippen LogP contribution is -2.10. The first-order valence-electron chi connectivity index (χ1n) is 5.12. The minimum absolute atomic E-state index is 0.00250. The van der Waals surface area contributed by atoms with E-state index in [0.717, 1.165) is 5.56 Å². The molecule has 16 heavy (non-hydrogen) atoms. The molecular formula is C12H17NO3. The van der Waals surface area contributed by atoms with Gasteiger partial charge in [-0.25, -0.2) is 0 Å². The molecule has 0 bridgehead atoms. The third-order valence-electron chi connectivity index (χ3n) is 2.25. The number of methoxy groups -OCH3 is 2. The summed E-state index contributed by atoms with van der Waals surface area (Å²) >= 11 is 0. The van der Waals surface area contributed by atoms with Crippen molar-refractivity contribution in [3.8, 4) is 5.75 Å². The van der Waals surface area contributed by atoms with Crippen LogP contribution in [0.15, 0.2) is 18.2 Å². The van der Waals surface area contributed by atoms with Crippen LogP contribution in [0.4, 0.5) is 0 Å². The number of ketones is 1. The molecule has 1 aromatic carbocycles. The molecule has 0 unspecified atom stereocenters. The summed E-state index contributed by atoms with van der Waals surface area (Å²) in [7, 11) is 3.16. The summed E-state index contributed by atoms with van der Waals surface area (Å²) in [5.41, 5.74) is 6.89. The van der Waals surface area contributed by atoms with Crippen molar-refractivity contribution in [2.45, 2.75) is 13.0 Å². The minimum atomic E-state index is -0.00250. The Balaban J connectivity index is 3.01. The highest BCUT2D eigenvalue weighted by Crippen LogP contribution is 2.21. The van der Waals surface area contributed by atoms with Crippen LogP contribution in [0, 0.1) is 0 Å². The first kappa shape index (κ1) is 12.7. The largest absolute Gasteiger partial charge is 0.496 e. The molecule has 0 aromatic heterocycles. The highest BCUT2D eigenvalue weighted by atomic mass is 16.5. The normalized spacial score (nSPS) is 10.2. The lowest BCUT2D eigenvalue weighted by molar-refractivity contribution is 0.0982. The van der Waals surface area contributed by atoms with Crippen LogP contribution in [0.25, 0.3) is 0 Å². The van der Waals surface area contributed by atoms with Gasteiger partial charge in [0.15, 0.2) is 5.78 Å². The molecule has 0 saturated carbocycles. The van der Waals surface area contributed by atoms with E-state index in [1.54, 1.807) is 26.4 Å². The Morgan fingerprint density at radius 1 is 1.38 bits per heavy atom. The van der Waals surface area contributed by atoms with E-state index in [1.165, 1.54) is 0 Å². The van der Waals surface area contributed by atoms with Gasteiger partial charge in [-0.15, -0.1) is 0 Å². The van der Waals surface area contributed by atoms with Crippen molar-refractivity contribution < 1.29 is 14.3 Å². The number of nitrogens with two attached hydrogens (primary N) is 1. The number of carbonyl (C=O) groups is 1. The molecule has 0 atom stereocenters. The maximum absolute atomic E-state index is 11.8. The second kappa shape index (κ2) is 6.25. The van der Waals surface area contributed by atoms with Crippen molar-refractivity contribution in [2.75, 3.05) is 20.8 Å². The van der Waals surface area contributed by atoms with Gasteiger partial charge in [0.05, 0.1) is 19.3 Å². The van der Waals surface area contributed by atoms with Gasteiger partial charge in [0, 0.05) is 13.5 Å². The van der Waals surface area contributed by atoms with Crippen LogP contribution in [0.2, 0.25) is 0 Å². The fraction of sp³-hybridized carbons (Fsp3) is 0.417. The Hall–Kier alpha value is -1.39. The number of rotatable bonds is 6. The number of ether oxygens (including phenoxy) is 2. The molecular weight excluding hydrogens is 206 g/mol. The molecule has 0 amide bonds. The predicted molar refractivity (Wildman–Crippen MR) is 61.7 cm³/mol. The van der Waals surface area contributed by atoms with Crippen molar-refractivity contribution in [2.24, 2.45) is 5.73 Å². The topological polar surface area (TPSA) is 61.5 Å². The number of hydrogen-bond donors (Lipinski definition) is 1. The number of hydrogen-bond acceptors (Lipinski definition) is 4. The number of benzene rings is 1. The monoisotopic (exact) mass is 223 g/mol. The van der Waals surface area contributed by atoms with Gasteiger partial charge in [0.1, 0.15) is 5.75 Å². The quantitative estimate of drug-likeness (QED) is 0.740. The molecule has 0 spiro atoms. The SMILES string of the molecule is COCc1ccc(OC)c(C(=O)CCN)c1. The maximum Gasteiger partial charge on any atom is 0.167 e. The zero-order valence-corrected chi connectivity index (χ0v) is 9.66. The zero-order chi connectivity index (χ0) is 12.0. The van der Waals surface area contributed by atoms with Gasteiger partial charge in [0.25, 0.3) is 0 Å². The molecule has 0 saturated heterocycles. The summed E-state index contributed by atoms with van der Waals surface area (Å²) < 4.78 is 10.2. The Morgan fingerprint density at radius 3 is 2.69 bits per heavy atom. The van der Waals surface area contributed by atoms with Crippen molar-refractivity contribution in [3.63, 3.8) is 0 Å². The fourth-order valence-electron chi connectivity index (χ4n) is 1.50. The molecule has 88 valence electrons. The predicted octanol–water partition coefficient (Wildman–Crippen LogP) is 1.37. The molecule has 1 rings (SSSR count). The molecule has 0 fully saturated rings. The molecule has 4 nitrogen and oxygen atoms in total. The van der Waals surface area contributed by atoms with E-state index in [9.17, 15) is 4.79 Å². The van der Waals surface area contributed by atoms with E-state index in [4.69, 9.17) is 15.2 Å². The van der Waals surface area contributed by atoms with Gasteiger partial charge >= 0.3 is 0 Å². The third-order valence-corrected chi connectivity index (χ3v) is 2.25. The maximum atomic E-state index is 11.8. The van der Waals surface area contributed by atoms with Crippen LogP contribution < -0.4 is 10.5 Å². The molecule has 0 aliphatic carbocycles. The van der Waals surface area contributed by atoms with Gasteiger partial charge in [-0.2, -0.15) is 0 Å². The molecule has 4 heteroatoms. The summed E-state index contributed by atoms with van der Waals surface area (Å²) in [6.07, 6.45) is 0.326. The van der Waals surface area contributed by atoms with E-state index in [-0.39, 0.29) is 5.78 Å². The summed E-state index contributed by atoms with van der Waals surface area (Å²) in [5.74, 6) is 0.579. The van der Waals surface area contributed by atoms with Crippen LogP contribution in [-0.4, -0.2) is 26.5 Å². The molecule has 0 aliphatic heterocycles. The minimum Gasteiger partial charge on any atom is -0.496 e. The van der Waals surface area contributed by atoms with Crippen LogP contribution >= 0.6 is 0 Å². The number of Topliss-reactive ketones (excluding diaryl/α,β-unsaturated/α-hetero) is 1. The van der Waals surface area contributed by atoms with Gasteiger partial charge in [0.2, 0.25) is 0 Å². The lowest BCUT2D eigenvalue weighted by Gasteiger charge is -2.09. The standard InChI is InChI=1S/C12H17NO3/c1-15-8-9-3-4-12(16-2)10(7-9)11(14)5-6-13/h3-4,7H,5-6,8,13H2,1-2H3. The smallest absolute Gasteiger partial charge is 0.167 e. The summed E-state index contributed by atoms with van der Waals surface area (Å²) in [5, 5.41) is 0. The summed E-state index contributed by atoms with van der Waals surface area (Å²) in [4.78, 5) is 11.8. The van der Waals surface area contributed by atoms with E-state index in [2.05, 4.69) is 0 Å². The fourth-order valence-corrected chi connectivity index (χ4v) is 1.50. The summed E-state index contributed by atoms with van der Waals surface area (Å²) in [6, 6.07) is 5.44. The van der Waals surface area contributed by atoms with Crippen molar-refractivity contribution in [1.82, 2.24) is 0 Å². The highest BCUT2D eigenvalue weighted by molar-refractivity contribution is 5.98. The second-order valence-corrected chi connectivity index (χ2v) is 3.43. The van der Waals surface area contributed by atoms with Gasteiger partial charge in [-0.05, 0) is 24.2 Å². The van der Waals surface area contributed by atoms with Crippen LogP contribution in [0.5, 0.6) is 5.75 Å². The van der Waals surface area contributed by atoms with Crippen LogP contribution in [0.1, 0.15) is 22.3 Å². The van der Waals surface area contributed by atoms with Crippen LogP contribution in [-0.2, 0) is 11.3 Å². The van der Waals surface area contributed by atoms with Crippen molar-refractivity contribution in [3.05, 3.63) is 29.3 Å². The molecule has 0 heterocycles. The van der Waals surface area contributed by atoms with Gasteiger partial charge in [-0.3, -0.25) is 4.79 Å². The summed E-state index contributed by atoms with van der Waals surface area (Å²) in [6.45, 7) is 0.823. The molecule has 2 N–H and O–H groups in total. The van der Waals surface area contributed by atoms with Crippen molar-refractivity contribution >= 4 is 5.78 Å². The molecule has 0 aliphatic rings. The van der Waals surface area contributed by atoms with Gasteiger partial charge in [-0.1, -0.05) is 6.07 Å². The first-order valence-corrected chi connectivity index (χ1v) is 5.12. The van der Waals surface area contributed by atoms with Crippen LogP contribution in [0.3, 0.4) is 0 Å². The van der Waals surface area contributed by atoms with Crippen molar-refractivity contribution in [1.29, 1.82) is 0 Å². The van der Waals surface area contributed by atoms with E-state index >= 15 is 0 Å². The average Bonchev–Trinajstić information content (AvgIpc) is 2.30. The lowest BCUT2D eigenvalue weighted by atomic mass is 10.0. The van der Waals surface area contributed by atoms with E-state index in [1.807, 2.05) is 6.07 Å². The Morgan fingerprint density at radius 2 is 2.12 bits per heavy atom. The average molecular weight is 223 g/mol. The Bertz CT molecular complexity index is 363. The Labute approximate surface area is 95.3 Å². The number of carbonyl (C=O) groups excluding carboxylic acids is 1.